The molecule has 0 heterocycles. The Morgan fingerprint density at radius 3 is 2.30 bits per heavy atom. The van der Waals surface area contributed by atoms with E-state index in [4.69, 9.17) is 15.8 Å². The molecular formula is C5H14BNO3. The maximum absolute atomic E-state index is 8.29. The largest absolute Gasteiger partial charge is 0.635 e. The zero-order chi connectivity index (χ0) is 8.15. The Hall–Kier alpha value is -0.0951. The number of hydrogen-bond acceptors (Lipinski definition) is 4. The highest BCUT2D eigenvalue weighted by Gasteiger charge is 2.14. The lowest BCUT2D eigenvalue weighted by atomic mass is 10.1. The molecule has 0 aliphatic heterocycles. The van der Waals surface area contributed by atoms with Crippen LogP contribution in [0.4, 0.5) is 0 Å². The summed E-state index contributed by atoms with van der Waals surface area (Å²) < 4.78 is 4.45. The Morgan fingerprint density at radius 1 is 1.50 bits per heavy atom. The van der Waals surface area contributed by atoms with Crippen LogP contribution in [-0.2, 0) is 4.65 Å². The molecule has 1 atom stereocenters. The van der Waals surface area contributed by atoms with Gasteiger partial charge in [-0.15, -0.1) is 0 Å². The van der Waals surface area contributed by atoms with E-state index in [1.165, 1.54) is 0 Å². The smallest absolute Gasteiger partial charge is 0.402 e. The highest BCUT2D eigenvalue weighted by Crippen LogP contribution is 2.03. The van der Waals surface area contributed by atoms with E-state index in [-0.39, 0.29) is 0 Å². The molecule has 0 aromatic rings. The Morgan fingerprint density at radius 2 is 2.00 bits per heavy atom. The fourth-order valence-corrected chi connectivity index (χ4v) is 0.677. The summed E-state index contributed by atoms with van der Waals surface area (Å²) in [6.45, 7) is 3.96. The molecule has 4 N–H and O–H groups in total. The third-order valence-corrected chi connectivity index (χ3v) is 1.00. The van der Waals surface area contributed by atoms with Crippen molar-refractivity contribution < 1.29 is 14.7 Å². The predicted octanol–water partition coefficient (Wildman–Crippen LogP) is -0.697. The molecule has 0 radical (unpaired) electrons. The molecule has 0 aromatic heterocycles. The van der Waals surface area contributed by atoms with Crippen LogP contribution in [0.1, 0.15) is 20.3 Å². The second-order valence-corrected chi connectivity index (χ2v) is 2.63. The minimum absolute atomic E-state index is 0.397. The van der Waals surface area contributed by atoms with Crippen molar-refractivity contribution in [3.8, 4) is 0 Å². The Labute approximate surface area is 61.2 Å². The molecule has 0 bridgehead atoms. The average Bonchev–Trinajstić information content (AvgIpc) is 1.58. The highest BCUT2D eigenvalue weighted by atomic mass is 16.6. The van der Waals surface area contributed by atoms with Crippen molar-refractivity contribution in [1.29, 1.82) is 0 Å². The van der Waals surface area contributed by atoms with Crippen molar-refractivity contribution in [2.24, 2.45) is 11.7 Å². The molecule has 0 saturated heterocycles. The van der Waals surface area contributed by atoms with Crippen molar-refractivity contribution in [3.63, 3.8) is 0 Å². The van der Waals surface area contributed by atoms with Gasteiger partial charge in [0.15, 0.2) is 0 Å². The quantitative estimate of drug-likeness (QED) is 0.363. The van der Waals surface area contributed by atoms with Gasteiger partial charge < -0.3 is 20.4 Å². The molecule has 0 unspecified atom stereocenters. The first-order valence-electron chi connectivity index (χ1n) is 3.29. The topological polar surface area (TPSA) is 75.7 Å². The molecule has 0 amide bonds. The third kappa shape index (κ3) is 6.03. The minimum atomic E-state index is -1.76. The van der Waals surface area contributed by atoms with Crippen molar-refractivity contribution in [2.75, 3.05) is 0 Å². The van der Waals surface area contributed by atoms with Gasteiger partial charge in [0.1, 0.15) is 0 Å². The molecule has 0 aliphatic carbocycles. The van der Waals surface area contributed by atoms with Crippen LogP contribution in [0, 0.1) is 5.92 Å². The Balaban J connectivity index is 3.34. The lowest BCUT2D eigenvalue weighted by molar-refractivity contribution is 0.107. The molecule has 0 saturated carbocycles. The molecule has 0 aromatic carbocycles. The summed E-state index contributed by atoms with van der Waals surface area (Å²) in [5.74, 6) is 0.397. The Bertz CT molecular complexity index is 79.0. The van der Waals surface area contributed by atoms with Gasteiger partial charge in [0.05, 0.1) is 6.23 Å². The van der Waals surface area contributed by atoms with Gasteiger partial charge in [-0.2, -0.15) is 0 Å². The number of rotatable bonds is 4. The van der Waals surface area contributed by atoms with E-state index in [1.54, 1.807) is 0 Å². The van der Waals surface area contributed by atoms with Crippen LogP contribution in [0.25, 0.3) is 0 Å². The first kappa shape index (κ1) is 9.90. The summed E-state index contributed by atoms with van der Waals surface area (Å²) in [4.78, 5) is 0. The van der Waals surface area contributed by atoms with Gasteiger partial charge >= 0.3 is 7.32 Å². The molecule has 4 nitrogen and oxygen atoms in total. The predicted molar refractivity (Wildman–Crippen MR) is 38.7 cm³/mol. The second-order valence-electron chi connectivity index (χ2n) is 2.63. The van der Waals surface area contributed by atoms with Crippen molar-refractivity contribution in [2.45, 2.75) is 26.5 Å². The molecule has 0 fully saturated rings. The van der Waals surface area contributed by atoms with Gasteiger partial charge in [0, 0.05) is 0 Å². The monoisotopic (exact) mass is 147 g/mol. The molecule has 0 rings (SSSR count). The minimum Gasteiger partial charge on any atom is -0.402 e. The summed E-state index contributed by atoms with van der Waals surface area (Å²) in [5.41, 5.74) is 5.33. The average molecular weight is 147 g/mol. The van der Waals surface area contributed by atoms with Crippen LogP contribution in [0.2, 0.25) is 0 Å². The van der Waals surface area contributed by atoms with Gasteiger partial charge in [-0.05, 0) is 12.3 Å². The van der Waals surface area contributed by atoms with Gasteiger partial charge in [0.2, 0.25) is 0 Å². The lowest BCUT2D eigenvalue weighted by Crippen LogP contribution is -2.33. The molecule has 0 aliphatic rings. The molecular weight excluding hydrogens is 133 g/mol. The van der Waals surface area contributed by atoms with E-state index in [9.17, 15) is 0 Å². The van der Waals surface area contributed by atoms with Gasteiger partial charge in [-0.1, -0.05) is 13.8 Å². The highest BCUT2D eigenvalue weighted by molar-refractivity contribution is 6.32. The standard InChI is InChI=1S/C5H14BNO3/c1-4(2)3-5(7)10-6(8)9/h4-5,8-9H,3,7H2,1-2H3/t5-/m0/s1. The SMILES string of the molecule is CC(C)C[C@@H](N)OB(O)O. The van der Waals surface area contributed by atoms with Crippen LogP contribution in [0.5, 0.6) is 0 Å². The maximum Gasteiger partial charge on any atom is 0.635 e. The summed E-state index contributed by atoms with van der Waals surface area (Å²) in [6, 6.07) is 0. The van der Waals surface area contributed by atoms with Gasteiger partial charge in [-0.3, -0.25) is 0 Å². The van der Waals surface area contributed by atoms with Crippen LogP contribution in [0.15, 0.2) is 0 Å². The van der Waals surface area contributed by atoms with Gasteiger partial charge in [-0.25, -0.2) is 0 Å². The van der Waals surface area contributed by atoms with E-state index in [2.05, 4.69) is 4.65 Å². The first-order valence-corrected chi connectivity index (χ1v) is 3.29. The fourth-order valence-electron chi connectivity index (χ4n) is 0.677. The van der Waals surface area contributed by atoms with Crippen molar-refractivity contribution in [3.05, 3.63) is 0 Å². The molecule has 10 heavy (non-hydrogen) atoms. The Kier molecular flexibility index (Phi) is 4.63. The van der Waals surface area contributed by atoms with Crippen molar-refractivity contribution in [1.82, 2.24) is 0 Å². The second kappa shape index (κ2) is 4.68. The van der Waals surface area contributed by atoms with E-state index >= 15 is 0 Å². The number of nitrogens with two attached hydrogens (primary N) is 1. The van der Waals surface area contributed by atoms with Crippen LogP contribution in [0.3, 0.4) is 0 Å². The molecule has 0 spiro atoms. The van der Waals surface area contributed by atoms with Crippen LogP contribution < -0.4 is 5.73 Å². The summed E-state index contributed by atoms with van der Waals surface area (Å²) in [7, 11) is -1.76. The zero-order valence-electron chi connectivity index (χ0n) is 6.32. The third-order valence-electron chi connectivity index (χ3n) is 1.00. The lowest BCUT2D eigenvalue weighted by Gasteiger charge is -2.13. The van der Waals surface area contributed by atoms with Crippen LogP contribution >= 0.6 is 0 Å². The summed E-state index contributed by atoms with van der Waals surface area (Å²) >= 11 is 0. The normalized spacial score (nSPS) is 13.8. The van der Waals surface area contributed by atoms with E-state index < -0.39 is 13.5 Å². The first-order chi connectivity index (χ1) is 4.52. The molecule has 60 valence electrons. The van der Waals surface area contributed by atoms with E-state index in [1.807, 2.05) is 13.8 Å². The van der Waals surface area contributed by atoms with E-state index in [0.29, 0.717) is 12.3 Å². The van der Waals surface area contributed by atoms with Gasteiger partial charge in [0.25, 0.3) is 0 Å². The maximum atomic E-state index is 8.29. The van der Waals surface area contributed by atoms with Crippen LogP contribution in [-0.4, -0.2) is 23.6 Å². The summed E-state index contributed by atoms with van der Waals surface area (Å²) in [6.07, 6.45) is 0.0393. The number of hydrogen-bond donors (Lipinski definition) is 3. The summed E-state index contributed by atoms with van der Waals surface area (Å²) in [5, 5.41) is 16.6. The molecule has 5 heteroatoms. The fraction of sp³-hybridized carbons (Fsp3) is 1.00. The zero-order valence-corrected chi connectivity index (χ0v) is 6.32. The van der Waals surface area contributed by atoms with Crippen molar-refractivity contribution >= 4 is 7.32 Å². The van der Waals surface area contributed by atoms with E-state index in [0.717, 1.165) is 0 Å².